The van der Waals surface area contributed by atoms with Gasteiger partial charge in [0, 0.05) is 18.7 Å². The summed E-state index contributed by atoms with van der Waals surface area (Å²) < 4.78 is 7.04. The van der Waals surface area contributed by atoms with Crippen molar-refractivity contribution >= 4 is 5.91 Å². The maximum absolute atomic E-state index is 12.2. The Bertz CT molecular complexity index is 679. The van der Waals surface area contributed by atoms with E-state index < -0.39 is 0 Å². The second-order valence-corrected chi connectivity index (χ2v) is 6.03. The van der Waals surface area contributed by atoms with E-state index in [1.807, 2.05) is 24.3 Å². The number of piperidine rings is 1. The molecule has 0 spiro atoms. The average Bonchev–Trinajstić information content (AvgIpc) is 3.09. The summed E-state index contributed by atoms with van der Waals surface area (Å²) in [6.07, 6.45) is 4.08. The number of aromatic nitrogens is 3. The fourth-order valence-electron chi connectivity index (χ4n) is 2.95. The third-order valence-corrected chi connectivity index (χ3v) is 4.25. The minimum atomic E-state index is -0.228. The molecule has 128 valence electrons. The molecule has 7 nitrogen and oxygen atoms in total. The minimum Gasteiger partial charge on any atom is -0.496 e. The lowest BCUT2D eigenvalue weighted by Crippen LogP contribution is -2.32. The Labute approximate surface area is 141 Å². The number of nitrogens with one attached hydrogen (secondary N) is 2. The van der Waals surface area contributed by atoms with Gasteiger partial charge in [-0.2, -0.15) is 0 Å². The van der Waals surface area contributed by atoms with E-state index >= 15 is 0 Å². The molecule has 2 aromatic rings. The van der Waals surface area contributed by atoms with Crippen LogP contribution in [0.1, 0.15) is 28.9 Å². The molecule has 0 bridgehead atoms. The Morgan fingerprint density at radius 2 is 2.33 bits per heavy atom. The van der Waals surface area contributed by atoms with Crippen molar-refractivity contribution in [1.29, 1.82) is 0 Å². The van der Waals surface area contributed by atoms with Crippen LogP contribution in [-0.4, -0.2) is 41.1 Å². The van der Waals surface area contributed by atoms with Gasteiger partial charge in [0.2, 0.25) is 0 Å². The number of hydrogen-bond acceptors (Lipinski definition) is 5. The van der Waals surface area contributed by atoms with Gasteiger partial charge in [-0.25, -0.2) is 0 Å². The molecule has 1 atom stereocenters. The number of amides is 1. The number of carbonyl (C=O) groups is 1. The molecular weight excluding hydrogens is 306 g/mol. The molecule has 0 unspecified atom stereocenters. The molecule has 0 aliphatic carbocycles. The van der Waals surface area contributed by atoms with Gasteiger partial charge in [-0.1, -0.05) is 23.4 Å². The van der Waals surface area contributed by atoms with Gasteiger partial charge in [0.1, 0.15) is 5.75 Å². The van der Waals surface area contributed by atoms with Crippen molar-refractivity contribution in [3.05, 3.63) is 41.7 Å². The van der Waals surface area contributed by atoms with E-state index in [1.165, 1.54) is 12.8 Å². The fraction of sp³-hybridized carbons (Fsp3) is 0.471. The van der Waals surface area contributed by atoms with Crippen molar-refractivity contribution in [1.82, 2.24) is 25.6 Å². The van der Waals surface area contributed by atoms with Gasteiger partial charge in [-0.3, -0.25) is 9.48 Å². The van der Waals surface area contributed by atoms with Crippen LogP contribution >= 0.6 is 0 Å². The highest BCUT2D eigenvalue weighted by molar-refractivity contribution is 5.91. The van der Waals surface area contributed by atoms with Crippen LogP contribution in [0.2, 0.25) is 0 Å². The predicted molar refractivity (Wildman–Crippen MR) is 89.8 cm³/mol. The standard InChI is InChI=1S/C17H23N5O2/c1-24-16-7-3-2-6-14(16)10-19-17(23)15-12-22(21-20-15)11-13-5-4-8-18-9-13/h2-3,6-7,12-13,18H,4-5,8-11H2,1H3,(H,19,23)/t13-/m0/s1. The van der Waals surface area contributed by atoms with E-state index in [0.29, 0.717) is 18.2 Å². The molecule has 1 aliphatic heterocycles. The predicted octanol–water partition coefficient (Wildman–Crippen LogP) is 1.22. The summed E-state index contributed by atoms with van der Waals surface area (Å²) in [5.41, 5.74) is 1.27. The first-order valence-electron chi connectivity index (χ1n) is 8.27. The van der Waals surface area contributed by atoms with Gasteiger partial charge in [0.05, 0.1) is 13.3 Å². The number of ether oxygens (including phenoxy) is 1. The number of carbonyl (C=O) groups excluding carboxylic acids is 1. The molecule has 1 amide bonds. The molecule has 1 aromatic heterocycles. The Hall–Kier alpha value is -2.41. The van der Waals surface area contributed by atoms with Crippen LogP contribution in [0.3, 0.4) is 0 Å². The summed E-state index contributed by atoms with van der Waals surface area (Å²) in [6.45, 7) is 3.27. The van der Waals surface area contributed by atoms with E-state index in [2.05, 4.69) is 20.9 Å². The summed E-state index contributed by atoms with van der Waals surface area (Å²) in [5.74, 6) is 1.07. The van der Waals surface area contributed by atoms with Crippen LogP contribution in [0.4, 0.5) is 0 Å². The Morgan fingerprint density at radius 1 is 1.46 bits per heavy atom. The molecule has 1 fully saturated rings. The molecule has 3 rings (SSSR count). The summed E-state index contributed by atoms with van der Waals surface area (Å²) in [6, 6.07) is 7.61. The largest absolute Gasteiger partial charge is 0.496 e. The summed E-state index contributed by atoms with van der Waals surface area (Å²) >= 11 is 0. The van der Waals surface area contributed by atoms with E-state index in [1.54, 1.807) is 18.0 Å². The second-order valence-electron chi connectivity index (χ2n) is 6.03. The van der Waals surface area contributed by atoms with Gasteiger partial charge in [-0.15, -0.1) is 5.10 Å². The zero-order chi connectivity index (χ0) is 16.8. The zero-order valence-electron chi connectivity index (χ0n) is 13.9. The monoisotopic (exact) mass is 329 g/mol. The van der Waals surface area contributed by atoms with Crippen molar-refractivity contribution in [2.24, 2.45) is 5.92 Å². The van der Waals surface area contributed by atoms with Crippen LogP contribution in [0.5, 0.6) is 5.75 Å². The molecule has 2 heterocycles. The Kier molecular flexibility index (Phi) is 5.43. The van der Waals surface area contributed by atoms with Gasteiger partial charge in [0.25, 0.3) is 5.91 Å². The first-order chi connectivity index (χ1) is 11.8. The third-order valence-electron chi connectivity index (χ3n) is 4.25. The maximum atomic E-state index is 12.2. The molecule has 1 aliphatic rings. The third kappa shape index (κ3) is 4.11. The van der Waals surface area contributed by atoms with Crippen LogP contribution in [0.15, 0.2) is 30.5 Å². The lowest BCUT2D eigenvalue weighted by atomic mass is 10.00. The van der Waals surface area contributed by atoms with Crippen LogP contribution < -0.4 is 15.4 Å². The lowest BCUT2D eigenvalue weighted by molar-refractivity contribution is 0.0945. The SMILES string of the molecule is COc1ccccc1CNC(=O)c1cn(C[C@H]2CCCNC2)nn1. The molecule has 24 heavy (non-hydrogen) atoms. The topological polar surface area (TPSA) is 81.1 Å². The number of rotatable bonds is 6. The first kappa shape index (κ1) is 16.4. The highest BCUT2D eigenvalue weighted by Gasteiger charge is 2.16. The van der Waals surface area contributed by atoms with E-state index in [0.717, 1.165) is 30.9 Å². The maximum Gasteiger partial charge on any atom is 0.273 e. The highest BCUT2D eigenvalue weighted by Crippen LogP contribution is 2.17. The smallest absolute Gasteiger partial charge is 0.273 e. The van der Waals surface area contributed by atoms with Crippen molar-refractivity contribution in [2.75, 3.05) is 20.2 Å². The average molecular weight is 329 g/mol. The molecular formula is C17H23N5O2. The first-order valence-corrected chi connectivity index (χ1v) is 8.27. The molecule has 7 heteroatoms. The zero-order valence-corrected chi connectivity index (χ0v) is 13.9. The van der Waals surface area contributed by atoms with Gasteiger partial charge in [0.15, 0.2) is 5.69 Å². The molecule has 1 aromatic carbocycles. The number of hydrogen-bond donors (Lipinski definition) is 2. The number of nitrogens with zero attached hydrogens (tertiary/aromatic N) is 3. The minimum absolute atomic E-state index is 0.228. The van der Waals surface area contributed by atoms with Crippen molar-refractivity contribution in [2.45, 2.75) is 25.9 Å². The summed E-state index contributed by atoms with van der Waals surface area (Å²) in [5, 5.41) is 14.3. The summed E-state index contributed by atoms with van der Waals surface area (Å²) in [7, 11) is 1.62. The van der Waals surface area contributed by atoms with E-state index in [-0.39, 0.29) is 5.91 Å². The van der Waals surface area contributed by atoms with Crippen LogP contribution in [0, 0.1) is 5.92 Å². The van der Waals surface area contributed by atoms with Crippen molar-refractivity contribution in [3.63, 3.8) is 0 Å². The number of benzene rings is 1. The van der Waals surface area contributed by atoms with Gasteiger partial charge >= 0.3 is 0 Å². The molecule has 2 N–H and O–H groups in total. The van der Waals surface area contributed by atoms with Crippen LogP contribution in [-0.2, 0) is 13.1 Å². The Balaban J connectivity index is 1.55. The number of methoxy groups -OCH3 is 1. The van der Waals surface area contributed by atoms with Gasteiger partial charge in [-0.05, 0) is 37.9 Å². The van der Waals surface area contributed by atoms with Crippen LogP contribution in [0.25, 0.3) is 0 Å². The van der Waals surface area contributed by atoms with E-state index in [9.17, 15) is 4.79 Å². The summed E-state index contributed by atoms with van der Waals surface area (Å²) in [4.78, 5) is 12.2. The number of para-hydroxylation sites is 1. The normalized spacial score (nSPS) is 17.5. The fourth-order valence-corrected chi connectivity index (χ4v) is 2.95. The lowest BCUT2D eigenvalue weighted by Gasteiger charge is -2.22. The second kappa shape index (κ2) is 7.92. The highest BCUT2D eigenvalue weighted by atomic mass is 16.5. The van der Waals surface area contributed by atoms with Crippen molar-refractivity contribution < 1.29 is 9.53 Å². The molecule has 0 radical (unpaired) electrons. The molecule has 0 saturated carbocycles. The van der Waals surface area contributed by atoms with Crippen molar-refractivity contribution in [3.8, 4) is 5.75 Å². The van der Waals surface area contributed by atoms with Gasteiger partial charge < -0.3 is 15.4 Å². The Morgan fingerprint density at radius 3 is 3.12 bits per heavy atom. The quantitative estimate of drug-likeness (QED) is 0.833. The van der Waals surface area contributed by atoms with E-state index in [4.69, 9.17) is 4.74 Å². The molecule has 1 saturated heterocycles.